The van der Waals surface area contributed by atoms with Crippen molar-refractivity contribution in [2.45, 2.75) is 71.1 Å². The Balaban J connectivity index is 0. The summed E-state index contributed by atoms with van der Waals surface area (Å²) >= 11 is 0. The summed E-state index contributed by atoms with van der Waals surface area (Å²) in [6.07, 6.45) is 23.4. The first-order valence-electron chi connectivity index (χ1n) is 7.94. The molecule has 0 bridgehead atoms. The Labute approximate surface area is 142 Å². The molecule has 0 aliphatic carbocycles. The molecule has 115 valence electrons. The first-order chi connectivity index (χ1) is 9.77. The minimum absolute atomic E-state index is 0. The molecule has 0 heterocycles. The number of aliphatic carboxylic acids is 1. The summed E-state index contributed by atoms with van der Waals surface area (Å²) in [5.41, 5.74) is 0. The van der Waals surface area contributed by atoms with E-state index in [0.717, 1.165) is 44.9 Å². The SMILES string of the molecule is CC/C=C\C/C=C\C/C=C\CCCCCCCC(=O)O.[Li]. The van der Waals surface area contributed by atoms with Gasteiger partial charge < -0.3 is 5.11 Å². The summed E-state index contributed by atoms with van der Waals surface area (Å²) in [7, 11) is 0. The maximum Gasteiger partial charge on any atom is 0.303 e. The fourth-order valence-corrected chi connectivity index (χ4v) is 1.90. The molecule has 2 nitrogen and oxygen atoms in total. The number of allylic oxidation sites excluding steroid dienone is 6. The van der Waals surface area contributed by atoms with E-state index >= 15 is 0 Å². The molecule has 1 N–H and O–H groups in total. The minimum Gasteiger partial charge on any atom is -0.481 e. The van der Waals surface area contributed by atoms with Gasteiger partial charge in [-0.25, -0.2) is 0 Å². The molecule has 3 heteroatoms. The number of rotatable bonds is 13. The van der Waals surface area contributed by atoms with Crippen molar-refractivity contribution < 1.29 is 9.90 Å². The Morgan fingerprint density at radius 3 is 1.95 bits per heavy atom. The number of carboxylic acid groups (broad SMARTS) is 1. The van der Waals surface area contributed by atoms with Gasteiger partial charge in [0.15, 0.2) is 0 Å². The number of hydrogen-bond donors (Lipinski definition) is 1. The van der Waals surface area contributed by atoms with Crippen LogP contribution in [0.15, 0.2) is 36.5 Å². The minimum atomic E-state index is -0.675. The van der Waals surface area contributed by atoms with Crippen LogP contribution in [0, 0.1) is 0 Å². The van der Waals surface area contributed by atoms with Gasteiger partial charge in [-0.05, 0) is 38.5 Å². The van der Waals surface area contributed by atoms with Crippen LogP contribution in [-0.2, 0) is 4.79 Å². The van der Waals surface area contributed by atoms with Crippen molar-refractivity contribution in [3.05, 3.63) is 36.5 Å². The molecule has 0 atom stereocenters. The van der Waals surface area contributed by atoms with Gasteiger partial charge in [0, 0.05) is 25.3 Å². The number of carbonyl (C=O) groups is 1. The Bertz CT molecular complexity index is 306. The van der Waals surface area contributed by atoms with Crippen molar-refractivity contribution in [3.63, 3.8) is 0 Å². The van der Waals surface area contributed by atoms with Crippen LogP contribution >= 0.6 is 0 Å². The van der Waals surface area contributed by atoms with E-state index in [-0.39, 0.29) is 18.9 Å². The van der Waals surface area contributed by atoms with E-state index in [4.69, 9.17) is 5.11 Å². The van der Waals surface area contributed by atoms with E-state index in [0.29, 0.717) is 6.42 Å². The Morgan fingerprint density at radius 2 is 1.33 bits per heavy atom. The third kappa shape index (κ3) is 21.7. The molecule has 0 aliphatic heterocycles. The predicted molar refractivity (Wildman–Crippen MR) is 92.7 cm³/mol. The van der Waals surface area contributed by atoms with Crippen molar-refractivity contribution in [3.8, 4) is 0 Å². The number of carboxylic acids is 1. The van der Waals surface area contributed by atoms with Gasteiger partial charge in [-0.3, -0.25) is 4.79 Å². The van der Waals surface area contributed by atoms with Crippen molar-refractivity contribution in [1.29, 1.82) is 0 Å². The van der Waals surface area contributed by atoms with E-state index < -0.39 is 5.97 Å². The molecule has 0 spiro atoms. The van der Waals surface area contributed by atoms with Gasteiger partial charge in [-0.15, -0.1) is 0 Å². The standard InChI is InChI=1S/C18H30O2.Li/c1-2-3-4-5-6-7-8-9-10-11-12-13-14-15-16-17-18(19)20;/h3-4,6-7,9-10H,2,5,8,11-17H2,1H3,(H,19,20);/b4-3-,7-6-,10-9-;. The molecule has 0 aromatic rings. The van der Waals surface area contributed by atoms with Gasteiger partial charge in [-0.1, -0.05) is 62.6 Å². The van der Waals surface area contributed by atoms with Crippen LogP contribution in [0.25, 0.3) is 0 Å². The average Bonchev–Trinajstić information content (AvgIpc) is 2.43. The molecule has 0 unspecified atom stereocenters. The smallest absolute Gasteiger partial charge is 0.303 e. The molecule has 0 aliphatic rings. The molecule has 0 saturated heterocycles. The summed E-state index contributed by atoms with van der Waals surface area (Å²) in [6, 6.07) is 0. The molecule has 0 fully saturated rings. The van der Waals surface area contributed by atoms with Gasteiger partial charge in [0.1, 0.15) is 0 Å². The summed E-state index contributed by atoms with van der Waals surface area (Å²) in [6.45, 7) is 2.15. The number of hydrogen-bond acceptors (Lipinski definition) is 1. The van der Waals surface area contributed by atoms with Gasteiger partial charge in [0.25, 0.3) is 0 Å². The second-order valence-electron chi connectivity index (χ2n) is 4.99. The molecule has 1 radical (unpaired) electrons. The van der Waals surface area contributed by atoms with Gasteiger partial charge in [0.2, 0.25) is 0 Å². The zero-order valence-electron chi connectivity index (χ0n) is 13.9. The van der Waals surface area contributed by atoms with Crippen molar-refractivity contribution in [1.82, 2.24) is 0 Å². The normalized spacial score (nSPS) is 11.5. The van der Waals surface area contributed by atoms with Crippen molar-refractivity contribution in [2.24, 2.45) is 0 Å². The largest absolute Gasteiger partial charge is 0.481 e. The van der Waals surface area contributed by atoms with Crippen molar-refractivity contribution in [2.75, 3.05) is 0 Å². The fourth-order valence-electron chi connectivity index (χ4n) is 1.90. The third-order valence-corrected chi connectivity index (χ3v) is 3.04. The van der Waals surface area contributed by atoms with Crippen LogP contribution in [-0.4, -0.2) is 29.9 Å². The maximum absolute atomic E-state index is 10.3. The monoisotopic (exact) mass is 285 g/mol. The van der Waals surface area contributed by atoms with Crippen LogP contribution in [0.5, 0.6) is 0 Å². The van der Waals surface area contributed by atoms with Crippen LogP contribution in [0.1, 0.15) is 71.1 Å². The van der Waals surface area contributed by atoms with Gasteiger partial charge in [-0.2, -0.15) is 0 Å². The summed E-state index contributed by atoms with van der Waals surface area (Å²) in [4.78, 5) is 10.3. The second kappa shape index (κ2) is 19.3. The molecule has 0 aromatic carbocycles. The van der Waals surface area contributed by atoms with Gasteiger partial charge in [0.05, 0.1) is 0 Å². The zero-order valence-corrected chi connectivity index (χ0v) is 13.9. The number of unbranched alkanes of at least 4 members (excludes halogenated alkanes) is 5. The molecular formula is C18H30LiO2. The zero-order chi connectivity index (χ0) is 14.9. The molecule has 21 heavy (non-hydrogen) atoms. The Morgan fingerprint density at radius 1 is 0.810 bits per heavy atom. The Hall–Kier alpha value is -0.713. The Kier molecular flexibility index (Phi) is 20.7. The van der Waals surface area contributed by atoms with Crippen LogP contribution < -0.4 is 0 Å². The maximum atomic E-state index is 10.3. The molecule has 0 amide bonds. The molecular weight excluding hydrogens is 255 g/mol. The van der Waals surface area contributed by atoms with Crippen LogP contribution in [0.3, 0.4) is 0 Å². The predicted octanol–water partition coefficient (Wildman–Crippen LogP) is 5.28. The van der Waals surface area contributed by atoms with Crippen molar-refractivity contribution >= 4 is 24.8 Å². The molecule has 0 saturated carbocycles. The van der Waals surface area contributed by atoms with E-state index in [1.54, 1.807) is 0 Å². The van der Waals surface area contributed by atoms with E-state index in [1.165, 1.54) is 12.8 Å². The van der Waals surface area contributed by atoms with Crippen LogP contribution in [0.2, 0.25) is 0 Å². The summed E-state index contributed by atoms with van der Waals surface area (Å²) in [5, 5.41) is 8.50. The topological polar surface area (TPSA) is 37.3 Å². The first-order valence-corrected chi connectivity index (χ1v) is 7.94. The fraction of sp³-hybridized carbons (Fsp3) is 0.611. The van der Waals surface area contributed by atoms with Gasteiger partial charge >= 0.3 is 5.97 Å². The summed E-state index contributed by atoms with van der Waals surface area (Å²) in [5.74, 6) is -0.675. The average molecular weight is 285 g/mol. The summed E-state index contributed by atoms with van der Waals surface area (Å²) < 4.78 is 0. The molecule has 0 aromatic heterocycles. The quantitative estimate of drug-likeness (QED) is 0.284. The van der Waals surface area contributed by atoms with E-state index in [9.17, 15) is 4.79 Å². The van der Waals surface area contributed by atoms with Crippen LogP contribution in [0.4, 0.5) is 0 Å². The third-order valence-electron chi connectivity index (χ3n) is 3.04. The molecule has 0 rings (SSSR count). The van der Waals surface area contributed by atoms with E-state index in [1.807, 2.05) is 0 Å². The second-order valence-corrected chi connectivity index (χ2v) is 4.99. The first kappa shape index (κ1) is 22.6. The van der Waals surface area contributed by atoms with E-state index in [2.05, 4.69) is 43.4 Å².